The Balaban J connectivity index is 3.06. The number of anilines is 1. The number of nitrogen functional groups attached to an aromatic ring is 1. The predicted octanol–water partition coefficient (Wildman–Crippen LogP) is 2.24. The van der Waals surface area contributed by atoms with E-state index >= 15 is 0 Å². The van der Waals surface area contributed by atoms with Crippen LogP contribution in [0.2, 0.25) is 0 Å². The molecule has 4 nitrogen and oxygen atoms in total. The van der Waals surface area contributed by atoms with Crippen molar-refractivity contribution >= 4 is 15.7 Å². The molecular formula is C13H22N2O2S. The van der Waals surface area contributed by atoms with Crippen LogP contribution in [-0.4, -0.2) is 26.3 Å². The van der Waals surface area contributed by atoms with Gasteiger partial charge in [0.15, 0.2) is 0 Å². The van der Waals surface area contributed by atoms with Gasteiger partial charge in [-0.2, -0.15) is 0 Å². The molecule has 2 N–H and O–H groups in total. The average Bonchev–Trinajstić information content (AvgIpc) is 2.28. The van der Waals surface area contributed by atoms with Crippen molar-refractivity contribution in [2.24, 2.45) is 5.92 Å². The number of aryl methyl sites for hydroxylation is 1. The van der Waals surface area contributed by atoms with Gasteiger partial charge in [-0.15, -0.1) is 0 Å². The number of rotatable bonds is 5. The Bertz CT molecular complexity index is 512. The molecule has 0 saturated carbocycles. The fraction of sp³-hybridized carbons (Fsp3) is 0.538. The molecule has 1 aromatic rings. The van der Waals surface area contributed by atoms with Crippen molar-refractivity contribution in [2.45, 2.75) is 32.1 Å². The zero-order chi connectivity index (χ0) is 13.9. The van der Waals surface area contributed by atoms with Crippen molar-refractivity contribution in [3.05, 3.63) is 23.8 Å². The molecule has 5 heteroatoms. The van der Waals surface area contributed by atoms with E-state index in [4.69, 9.17) is 5.73 Å². The lowest BCUT2D eigenvalue weighted by Crippen LogP contribution is -2.31. The van der Waals surface area contributed by atoms with Crippen molar-refractivity contribution in [1.82, 2.24) is 4.31 Å². The first-order valence-electron chi connectivity index (χ1n) is 6.11. The van der Waals surface area contributed by atoms with Gasteiger partial charge in [0.25, 0.3) is 0 Å². The van der Waals surface area contributed by atoms with Crippen LogP contribution in [0.3, 0.4) is 0 Å². The van der Waals surface area contributed by atoms with Gasteiger partial charge < -0.3 is 5.73 Å². The molecule has 1 rings (SSSR count). The monoisotopic (exact) mass is 270 g/mol. The van der Waals surface area contributed by atoms with Crippen molar-refractivity contribution in [3.63, 3.8) is 0 Å². The van der Waals surface area contributed by atoms with Gasteiger partial charge in [0.05, 0.1) is 5.69 Å². The van der Waals surface area contributed by atoms with E-state index in [0.29, 0.717) is 18.2 Å². The largest absolute Gasteiger partial charge is 0.398 e. The van der Waals surface area contributed by atoms with Crippen LogP contribution in [0.1, 0.15) is 25.8 Å². The van der Waals surface area contributed by atoms with Crippen LogP contribution in [0.5, 0.6) is 0 Å². The second-order valence-electron chi connectivity index (χ2n) is 4.84. The minimum absolute atomic E-state index is 0.193. The molecule has 102 valence electrons. The second-order valence-corrected chi connectivity index (χ2v) is 6.85. The quantitative estimate of drug-likeness (QED) is 0.835. The van der Waals surface area contributed by atoms with E-state index in [2.05, 4.69) is 0 Å². The Kier molecular flexibility index (Phi) is 4.76. The lowest BCUT2D eigenvalue weighted by molar-refractivity contribution is 0.394. The van der Waals surface area contributed by atoms with Gasteiger partial charge in [-0.25, -0.2) is 12.7 Å². The first kappa shape index (κ1) is 15.0. The third-order valence-electron chi connectivity index (χ3n) is 3.12. The number of sulfonamides is 1. The predicted molar refractivity (Wildman–Crippen MR) is 74.9 cm³/mol. The summed E-state index contributed by atoms with van der Waals surface area (Å²) >= 11 is 0. The Morgan fingerprint density at radius 1 is 1.39 bits per heavy atom. The van der Waals surface area contributed by atoms with Crippen LogP contribution in [0.4, 0.5) is 5.69 Å². The highest BCUT2D eigenvalue weighted by molar-refractivity contribution is 7.89. The molecule has 0 saturated heterocycles. The summed E-state index contributed by atoms with van der Waals surface area (Å²) in [7, 11) is -1.89. The van der Waals surface area contributed by atoms with Gasteiger partial charge in [-0.05, 0) is 30.5 Å². The lowest BCUT2D eigenvalue weighted by atomic mass is 10.1. The molecule has 0 bridgehead atoms. The van der Waals surface area contributed by atoms with Gasteiger partial charge in [0.1, 0.15) is 4.90 Å². The second kappa shape index (κ2) is 5.71. The molecule has 0 spiro atoms. The highest BCUT2D eigenvalue weighted by Crippen LogP contribution is 2.23. The Hall–Kier alpha value is -1.07. The molecule has 0 fully saturated rings. The van der Waals surface area contributed by atoms with Crippen LogP contribution in [0, 0.1) is 12.8 Å². The van der Waals surface area contributed by atoms with E-state index in [1.807, 2.05) is 20.8 Å². The van der Waals surface area contributed by atoms with Crippen LogP contribution in [0.25, 0.3) is 0 Å². The van der Waals surface area contributed by atoms with Gasteiger partial charge in [0, 0.05) is 13.6 Å². The number of hydrogen-bond acceptors (Lipinski definition) is 3. The third kappa shape index (κ3) is 3.23. The number of nitrogens with two attached hydrogens (primary N) is 1. The summed E-state index contributed by atoms with van der Waals surface area (Å²) in [6.07, 6.45) is 0.948. The van der Waals surface area contributed by atoms with Crippen LogP contribution in [-0.2, 0) is 10.0 Å². The first-order chi connectivity index (χ1) is 8.28. The third-order valence-corrected chi connectivity index (χ3v) is 5.02. The lowest BCUT2D eigenvalue weighted by Gasteiger charge is -2.21. The van der Waals surface area contributed by atoms with Gasteiger partial charge in [-0.1, -0.05) is 26.3 Å². The molecule has 18 heavy (non-hydrogen) atoms. The number of hydrogen-bond donors (Lipinski definition) is 1. The summed E-state index contributed by atoms with van der Waals surface area (Å²) in [6, 6.07) is 5.03. The van der Waals surface area contributed by atoms with Crippen molar-refractivity contribution < 1.29 is 8.42 Å². The molecule has 0 aliphatic carbocycles. The van der Waals surface area contributed by atoms with E-state index in [1.54, 1.807) is 25.2 Å². The molecule has 0 radical (unpaired) electrons. The van der Waals surface area contributed by atoms with Crippen LogP contribution in [0.15, 0.2) is 23.1 Å². The van der Waals surface area contributed by atoms with Gasteiger partial charge >= 0.3 is 0 Å². The molecule has 1 unspecified atom stereocenters. The summed E-state index contributed by atoms with van der Waals surface area (Å²) in [6.45, 7) is 6.47. The van der Waals surface area contributed by atoms with Crippen LogP contribution >= 0.6 is 0 Å². The van der Waals surface area contributed by atoms with E-state index in [0.717, 1.165) is 12.0 Å². The van der Waals surface area contributed by atoms with E-state index in [9.17, 15) is 8.42 Å². The fourth-order valence-corrected chi connectivity index (χ4v) is 3.12. The average molecular weight is 270 g/mol. The molecule has 0 heterocycles. The van der Waals surface area contributed by atoms with Gasteiger partial charge in [0.2, 0.25) is 10.0 Å². The van der Waals surface area contributed by atoms with Crippen molar-refractivity contribution in [2.75, 3.05) is 19.3 Å². The summed E-state index contributed by atoms with van der Waals surface area (Å²) in [5.74, 6) is 0.330. The molecule has 0 aromatic heterocycles. The van der Waals surface area contributed by atoms with E-state index < -0.39 is 10.0 Å². The standard InChI is InChI=1S/C13H22N2O2S/c1-5-10(2)9-15(4)18(16,17)13-7-6-11(3)8-12(13)14/h6-8,10H,5,9,14H2,1-4H3. The zero-order valence-corrected chi connectivity index (χ0v) is 12.3. The van der Waals surface area contributed by atoms with E-state index in [-0.39, 0.29) is 4.90 Å². The van der Waals surface area contributed by atoms with E-state index in [1.165, 1.54) is 4.31 Å². The zero-order valence-electron chi connectivity index (χ0n) is 11.5. The minimum Gasteiger partial charge on any atom is -0.398 e. The maximum atomic E-state index is 12.4. The van der Waals surface area contributed by atoms with Crippen LogP contribution < -0.4 is 5.73 Å². The molecule has 0 amide bonds. The van der Waals surface area contributed by atoms with Crippen molar-refractivity contribution in [3.8, 4) is 0 Å². The van der Waals surface area contributed by atoms with Crippen molar-refractivity contribution in [1.29, 1.82) is 0 Å². The maximum Gasteiger partial charge on any atom is 0.244 e. The maximum absolute atomic E-state index is 12.4. The molecular weight excluding hydrogens is 248 g/mol. The highest BCUT2D eigenvalue weighted by atomic mass is 32.2. The summed E-state index contributed by atoms with van der Waals surface area (Å²) < 4.78 is 26.1. The SMILES string of the molecule is CCC(C)CN(C)S(=O)(=O)c1ccc(C)cc1N. The topological polar surface area (TPSA) is 63.4 Å². The summed E-state index contributed by atoms with van der Waals surface area (Å²) in [5, 5.41) is 0. The Labute approximate surface area is 110 Å². The normalized spacial score (nSPS) is 13.8. The number of nitrogens with zero attached hydrogens (tertiary/aromatic N) is 1. The molecule has 1 atom stereocenters. The fourth-order valence-electron chi connectivity index (χ4n) is 1.74. The first-order valence-corrected chi connectivity index (χ1v) is 7.55. The summed E-state index contributed by atoms with van der Waals surface area (Å²) in [5.41, 5.74) is 7.07. The molecule has 0 aliphatic heterocycles. The molecule has 0 aliphatic rings. The minimum atomic E-state index is -3.48. The van der Waals surface area contributed by atoms with Gasteiger partial charge in [-0.3, -0.25) is 0 Å². The Morgan fingerprint density at radius 3 is 2.50 bits per heavy atom. The number of benzene rings is 1. The highest BCUT2D eigenvalue weighted by Gasteiger charge is 2.24. The molecule has 1 aromatic carbocycles. The summed E-state index contributed by atoms with van der Waals surface area (Å²) in [4.78, 5) is 0.193. The Morgan fingerprint density at radius 2 is 2.00 bits per heavy atom. The smallest absolute Gasteiger partial charge is 0.244 e.